The van der Waals surface area contributed by atoms with Gasteiger partial charge in [-0.3, -0.25) is 9.36 Å². The Bertz CT molecular complexity index is 1750. The van der Waals surface area contributed by atoms with Crippen LogP contribution in [0.3, 0.4) is 0 Å². The molecule has 47 heavy (non-hydrogen) atoms. The number of benzene rings is 1. The minimum absolute atomic E-state index is 0.0997. The maximum Gasteiger partial charge on any atom is 0.278 e. The first-order valence-electron chi connectivity index (χ1n) is 16.7. The first kappa shape index (κ1) is 33.7. The number of nitrogens with zero attached hydrogens (tertiary/aromatic N) is 6. The summed E-state index contributed by atoms with van der Waals surface area (Å²) in [5.74, 6) is -4.81. The maximum atomic E-state index is 16.0. The van der Waals surface area contributed by atoms with E-state index in [1.54, 1.807) is 17.6 Å². The number of hydrogen-bond acceptors (Lipinski definition) is 8. The third kappa shape index (κ3) is 7.00. The van der Waals surface area contributed by atoms with Crippen molar-refractivity contribution in [1.29, 1.82) is 0 Å². The lowest BCUT2D eigenvalue weighted by atomic mass is 9.85. The van der Waals surface area contributed by atoms with E-state index in [-0.39, 0.29) is 24.2 Å². The second-order valence-corrected chi connectivity index (χ2v) is 15.2. The van der Waals surface area contributed by atoms with E-state index in [2.05, 4.69) is 20.2 Å². The number of alkyl halides is 2. The van der Waals surface area contributed by atoms with Gasteiger partial charge in [0.15, 0.2) is 0 Å². The second kappa shape index (κ2) is 13.7. The van der Waals surface area contributed by atoms with Gasteiger partial charge in [-0.05, 0) is 58.3 Å². The Balaban J connectivity index is 1.39. The summed E-state index contributed by atoms with van der Waals surface area (Å²) in [6, 6.07) is 5.16. The zero-order valence-corrected chi connectivity index (χ0v) is 27.9. The fourth-order valence-electron chi connectivity index (χ4n) is 7.28. The summed E-state index contributed by atoms with van der Waals surface area (Å²) < 4.78 is 75.1. The average molecular weight is 676 g/mol. The highest BCUT2D eigenvalue weighted by atomic mass is 32.2. The van der Waals surface area contributed by atoms with Crippen LogP contribution in [0.4, 0.5) is 24.7 Å². The molecule has 2 saturated heterocycles. The van der Waals surface area contributed by atoms with Crippen LogP contribution in [0, 0.1) is 11.7 Å². The van der Waals surface area contributed by atoms with E-state index < -0.39 is 39.3 Å². The Morgan fingerprint density at radius 1 is 0.915 bits per heavy atom. The molecule has 7 rings (SSSR count). The van der Waals surface area contributed by atoms with Crippen molar-refractivity contribution >= 4 is 32.6 Å². The monoisotopic (exact) mass is 675 g/mol. The van der Waals surface area contributed by atoms with Crippen molar-refractivity contribution in [2.75, 3.05) is 62.3 Å². The summed E-state index contributed by atoms with van der Waals surface area (Å²) in [6.45, 7) is 5.32. The molecule has 10 nitrogen and oxygen atoms in total. The Morgan fingerprint density at radius 3 is 2.30 bits per heavy atom. The molecule has 0 spiro atoms. The first-order chi connectivity index (χ1) is 22.4. The van der Waals surface area contributed by atoms with E-state index in [0.717, 1.165) is 38.6 Å². The van der Waals surface area contributed by atoms with Gasteiger partial charge < -0.3 is 15.1 Å². The molecular formula is C33H44F3N7O3S. The number of anilines is 2. The Labute approximate surface area is 274 Å². The minimum Gasteiger partial charge on any atom is -0.364 e. The molecule has 2 fully saturated rings. The summed E-state index contributed by atoms with van der Waals surface area (Å²) in [6.07, 6.45) is 7.81. The summed E-state index contributed by atoms with van der Waals surface area (Å²) in [5, 5.41) is 3.77. The number of nitrogens with one attached hydrogen (secondary N) is 1. The van der Waals surface area contributed by atoms with Crippen molar-refractivity contribution < 1.29 is 21.6 Å². The number of aryl methyl sites for hydroxylation is 1. The van der Waals surface area contributed by atoms with E-state index >= 15 is 13.2 Å². The second-order valence-electron chi connectivity index (χ2n) is 13.2. The van der Waals surface area contributed by atoms with E-state index in [0.29, 0.717) is 68.1 Å². The van der Waals surface area contributed by atoms with Crippen LogP contribution in [-0.2, 0) is 22.5 Å². The molecule has 3 aromatic rings. The molecule has 0 unspecified atom stereocenters. The standard InChI is InChI=1S/C33H44F3N7O3S/c1-23-25-9-8-10-27(29(25)34)33(35,36)24-11-15-40(16-12-24)13-6-4-3-5-7-14-43-31-26(30(39-23)37-22-38-31)21-28(32(43)44)41-17-19-42(20-18-41)47(2,45)46/h8-10,21-24H,3-7,11-20H2,1-2H3,(H,37,38,39)/t23-/m0/s1. The quantitative estimate of drug-likeness (QED) is 0.407. The Hall–Kier alpha value is -3.23. The van der Waals surface area contributed by atoms with Gasteiger partial charge in [0.1, 0.15) is 29.3 Å². The predicted molar refractivity (Wildman–Crippen MR) is 177 cm³/mol. The molecule has 1 aromatic carbocycles. The van der Waals surface area contributed by atoms with Gasteiger partial charge >= 0.3 is 0 Å². The lowest BCUT2D eigenvalue weighted by molar-refractivity contribution is -0.0880. The highest BCUT2D eigenvalue weighted by Gasteiger charge is 2.45. The maximum absolute atomic E-state index is 16.0. The zero-order chi connectivity index (χ0) is 33.3. The van der Waals surface area contributed by atoms with Crippen LogP contribution >= 0.6 is 0 Å². The first-order valence-corrected chi connectivity index (χ1v) is 18.5. The van der Waals surface area contributed by atoms with Gasteiger partial charge in [-0.1, -0.05) is 37.5 Å². The molecule has 0 radical (unpaired) electrons. The van der Waals surface area contributed by atoms with Crippen LogP contribution in [0.15, 0.2) is 35.4 Å². The molecule has 1 atom stereocenters. The van der Waals surface area contributed by atoms with Gasteiger partial charge in [0.05, 0.1) is 23.2 Å². The highest BCUT2D eigenvalue weighted by Crippen LogP contribution is 2.44. The molecule has 0 aliphatic carbocycles. The Morgan fingerprint density at radius 2 is 1.60 bits per heavy atom. The number of hydrogen-bond donors (Lipinski definition) is 1. The van der Waals surface area contributed by atoms with E-state index in [1.807, 2.05) is 4.90 Å². The minimum atomic E-state index is -3.36. The van der Waals surface area contributed by atoms with Crippen molar-refractivity contribution in [3.63, 3.8) is 0 Å². The van der Waals surface area contributed by atoms with Crippen molar-refractivity contribution in [2.45, 2.75) is 70.4 Å². The molecule has 1 N–H and O–H groups in total. The van der Waals surface area contributed by atoms with Crippen LogP contribution in [0.1, 0.15) is 69.0 Å². The number of piperazine rings is 1. The third-order valence-electron chi connectivity index (χ3n) is 10.1. The third-order valence-corrected chi connectivity index (χ3v) is 11.4. The van der Waals surface area contributed by atoms with Crippen molar-refractivity contribution in [3.05, 3.63) is 57.9 Å². The number of halogens is 3. The van der Waals surface area contributed by atoms with Crippen molar-refractivity contribution in [3.8, 4) is 0 Å². The summed E-state index contributed by atoms with van der Waals surface area (Å²) in [5.41, 5.74) is 0.139. The lowest BCUT2D eigenvalue weighted by Crippen LogP contribution is -2.50. The van der Waals surface area contributed by atoms with Crippen LogP contribution in [-0.4, -0.2) is 84.2 Å². The fraction of sp³-hybridized carbons (Fsp3) is 0.606. The highest BCUT2D eigenvalue weighted by molar-refractivity contribution is 7.88. The van der Waals surface area contributed by atoms with Gasteiger partial charge in [0.25, 0.3) is 11.5 Å². The van der Waals surface area contributed by atoms with Gasteiger partial charge in [0.2, 0.25) is 10.0 Å². The molecule has 4 aliphatic rings. The predicted octanol–water partition coefficient (Wildman–Crippen LogP) is 4.95. The normalized spacial score (nSPS) is 25.0. The molecule has 4 aliphatic heterocycles. The fourth-order valence-corrected chi connectivity index (χ4v) is 8.10. The van der Waals surface area contributed by atoms with E-state index in [1.165, 1.54) is 35.1 Å². The van der Waals surface area contributed by atoms with Crippen LogP contribution in [0.5, 0.6) is 0 Å². The number of fused-ring (bicyclic) bond motifs is 9. The number of piperidine rings is 1. The summed E-state index contributed by atoms with van der Waals surface area (Å²) >= 11 is 0. The molecule has 0 saturated carbocycles. The Kier molecular flexibility index (Phi) is 9.82. The summed E-state index contributed by atoms with van der Waals surface area (Å²) in [7, 11) is -3.36. The van der Waals surface area contributed by atoms with Crippen LogP contribution in [0.2, 0.25) is 0 Å². The number of sulfonamides is 1. The van der Waals surface area contributed by atoms with Crippen LogP contribution in [0.25, 0.3) is 11.0 Å². The topological polar surface area (TPSA) is 104 Å². The van der Waals surface area contributed by atoms with Gasteiger partial charge in [-0.25, -0.2) is 31.6 Å². The molecule has 0 amide bonds. The largest absolute Gasteiger partial charge is 0.364 e. The molecule has 8 bridgehead atoms. The van der Waals surface area contributed by atoms with Crippen LogP contribution < -0.4 is 15.8 Å². The lowest BCUT2D eigenvalue weighted by Gasteiger charge is -2.36. The van der Waals surface area contributed by atoms with Crippen molar-refractivity contribution in [1.82, 2.24) is 23.7 Å². The van der Waals surface area contributed by atoms with Crippen molar-refractivity contribution in [2.24, 2.45) is 5.92 Å². The van der Waals surface area contributed by atoms with Gasteiger partial charge in [0, 0.05) is 44.2 Å². The number of aromatic nitrogens is 3. The van der Waals surface area contributed by atoms with E-state index in [9.17, 15) is 13.2 Å². The number of pyridine rings is 1. The molecule has 2 aromatic heterocycles. The molecule has 256 valence electrons. The van der Waals surface area contributed by atoms with E-state index in [4.69, 9.17) is 0 Å². The smallest absolute Gasteiger partial charge is 0.278 e. The SMILES string of the molecule is C[C@@H]1Nc2ncnc3c2cc(N2CCN(S(C)(=O)=O)CC2)c(=O)n3CCCCCCCN2CCC(CC2)C(F)(F)c2cccc1c2F. The summed E-state index contributed by atoms with van der Waals surface area (Å²) in [4.78, 5) is 27.0. The zero-order valence-electron chi connectivity index (χ0n) is 27.1. The molecule has 14 heteroatoms. The van der Waals surface area contributed by atoms with Gasteiger partial charge in [-0.2, -0.15) is 4.31 Å². The average Bonchev–Trinajstić information content (AvgIpc) is 3.04. The van der Waals surface area contributed by atoms with Gasteiger partial charge in [-0.15, -0.1) is 0 Å². The molecular weight excluding hydrogens is 631 g/mol. The molecule has 6 heterocycles. The number of rotatable bonds is 2.